The van der Waals surface area contributed by atoms with E-state index in [1.165, 1.54) is 0 Å². The van der Waals surface area contributed by atoms with Gasteiger partial charge in [0.25, 0.3) is 0 Å². The second-order valence-corrected chi connectivity index (χ2v) is 4.83. The zero-order chi connectivity index (χ0) is 13.7. The molecular weight excluding hydrogens is 258 g/mol. The van der Waals surface area contributed by atoms with Gasteiger partial charge in [-0.3, -0.25) is 4.79 Å². The smallest absolute Gasteiger partial charge is 0.220 e. The fourth-order valence-electron chi connectivity index (χ4n) is 2.10. The van der Waals surface area contributed by atoms with E-state index >= 15 is 0 Å². The van der Waals surface area contributed by atoms with E-state index in [1.54, 1.807) is 7.05 Å². The third-order valence-corrected chi connectivity index (χ3v) is 3.39. The summed E-state index contributed by atoms with van der Waals surface area (Å²) in [5.41, 5.74) is 2.23. The minimum atomic E-state index is 0.0313. The normalized spacial score (nSPS) is 11.9. The van der Waals surface area contributed by atoms with Crippen LogP contribution in [0.3, 0.4) is 0 Å². The van der Waals surface area contributed by atoms with Crippen molar-refractivity contribution in [1.82, 2.24) is 5.32 Å². The molecular formula is C16H16ClNO. The number of hydrogen-bond acceptors (Lipinski definition) is 1. The molecule has 2 rings (SSSR count). The number of nitrogens with one attached hydrogen (secondary N) is 1. The van der Waals surface area contributed by atoms with E-state index in [2.05, 4.69) is 5.32 Å². The molecule has 2 aromatic carbocycles. The molecule has 0 radical (unpaired) electrons. The average Bonchev–Trinajstić information content (AvgIpc) is 2.46. The van der Waals surface area contributed by atoms with Gasteiger partial charge < -0.3 is 5.32 Å². The fourth-order valence-corrected chi connectivity index (χ4v) is 2.22. The Labute approximate surface area is 118 Å². The minimum Gasteiger partial charge on any atom is -0.359 e. The van der Waals surface area contributed by atoms with Crippen molar-refractivity contribution in [2.75, 3.05) is 7.05 Å². The minimum absolute atomic E-state index is 0.0313. The number of carbonyl (C=O) groups excluding carboxylic acids is 1. The molecule has 0 aliphatic carbocycles. The van der Waals surface area contributed by atoms with Crippen LogP contribution >= 0.6 is 11.6 Å². The van der Waals surface area contributed by atoms with Crippen LogP contribution in [0.5, 0.6) is 0 Å². The Kier molecular flexibility index (Phi) is 4.58. The summed E-state index contributed by atoms with van der Waals surface area (Å²) >= 11 is 5.92. The van der Waals surface area contributed by atoms with Crippen LogP contribution in [0.25, 0.3) is 0 Å². The molecule has 19 heavy (non-hydrogen) atoms. The molecule has 1 N–H and O–H groups in total. The largest absolute Gasteiger partial charge is 0.359 e. The molecule has 0 fully saturated rings. The second kappa shape index (κ2) is 6.39. The molecule has 0 bridgehead atoms. The fraction of sp³-hybridized carbons (Fsp3) is 0.188. The summed E-state index contributed by atoms with van der Waals surface area (Å²) < 4.78 is 0. The van der Waals surface area contributed by atoms with Gasteiger partial charge in [0.2, 0.25) is 5.91 Å². The van der Waals surface area contributed by atoms with E-state index in [-0.39, 0.29) is 11.8 Å². The lowest BCUT2D eigenvalue weighted by Gasteiger charge is -2.17. The molecule has 0 aliphatic rings. The molecule has 0 heterocycles. The molecule has 0 unspecified atom stereocenters. The average molecular weight is 274 g/mol. The summed E-state index contributed by atoms with van der Waals surface area (Å²) in [5, 5.41) is 3.39. The van der Waals surface area contributed by atoms with Crippen molar-refractivity contribution in [2.24, 2.45) is 0 Å². The highest BCUT2D eigenvalue weighted by Gasteiger charge is 2.17. The molecule has 0 aromatic heterocycles. The van der Waals surface area contributed by atoms with Gasteiger partial charge >= 0.3 is 0 Å². The molecule has 2 aromatic rings. The number of benzene rings is 2. The highest BCUT2D eigenvalue weighted by molar-refractivity contribution is 6.30. The Balaban J connectivity index is 2.34. The van der Waals surface area contributed by atoms with Gasteiger partial charge in [-0.25, -0.2) is 0 Å². The van der Waals surface area contributed by atoms with Crippen LogP contribution in [-0.2, 0) is 4.79 Å². The lowest BCUT2D eigenvalue weighted by molar-refractivity contribution is -0.120. The first kappa shape index (κ1) is 13.6. The van der Waals surface area contributed by atoms with Crippen molar-refractivity contribution in [3.63, 3.8) is 0 Å². The number of amides is 1. The van der Waals surface area contributed by atoms with Crippen LogP contribution in [0.1, 0.15) is 23.5 Å². The van der Waals surface area contributed by atoms with Gasteiger partial charge in [-0.1, -0.05) is 54.1 Å². The molecule has 0 aliphatic heterocycles. The van der Waals surface area contributed by atoms with Gasteiger partial charge in [-0.15, -0.1) is 0 Å². The molecule has 0 spiro atoms. The third-order valence-electron chi connectivity index (χ3n) is 3.14. The van der Waals surface area contributed by atoms with E-state index < -0.39 is 0 Å². The Morgan fingerprint density at radius 2 is 1.63 bits per heavy atom. The number of hydrogen-bond donors (Lipinski definition) is 1. The van der Waals surface area contributed by atoms with Crippen LogP contribution in [0, 0.1) is 0 Å². The van der Waals surface area contributed by atoms with Crippen molar-refractivity contribution >= 4 is 17.5 Å². The third kappa shape index (κ3) is 3.58. The van der Waals surface area contributed by atoms with E-state index in [0.717, 1.165) is 11.1 Å². The number of carbonyl (C=O) groups is 1. The summed E-state index contributed by atoms with van der Waals surface area (Å²) in [5.74, 6) is 0.0854. The van der Waals surface area contributed by atoms with E-state index in [1.807, 2.05) is 54.6 Å². The summed E-state index contributed by atoms with van der Waals surface area (Å²) in [6.45, 7) is 0. The van der Waals surface area contributed by atoms with Crippen LogP contribution < -0.4 is 5.32 Å². The van der Waals surface area contributed by atoms with Gasteiger partial charge in [0.05, 0.1) is 0 Å². The summed E-state index contributed by atoms with van der Waals surface area (Å²) in [6, 6.07) is 17.7. The molecule has 2 nitrogen and oxygen atoms in total. The van der Waals surface area contributed by atoms with Crippen molar-refractivity contribution in [2.45, 2.75) is 12.3 Å². The topological polar surface area (TPSA) is 29.1 Å². The number of rotatable bonds is 4. The van der Waals surface area contributed by atoms with Gasteiger partial charge in [0, 0.05) is 24.4 Å². The van der Waals surface area contributed by atoms with Crippen molar-refractivity contribution < 1.29 is 4.79 Å². The Hall–Kier alpha value is -1.80. The summed E-state index contributed by atoms with van der Waals surface area (Å²) in [6.07, 6.45) is 0.433. The molecule has 3 heteroatoms. The monoisotopic (exact) mass is 273 g/mol. The van der Waals surface area contributed by atoms with Crippen LogP contribution in [0.2, 0.25) is 5.02 Å². The Bertz CT molecular complexity index is 536. The summed E-state index contributed by atoms with van der Waals surface area (Å²) in [7, 11) is 1.66. The van der Waals surface area contributed by atoms with Crippen molar-refractivity contribution in [3.8, 4) is 0 Å². The van der Waals surface area contributed by atoms with E-state index in [4.69, 9.17) is 11.6 Å². The maximum absolute atomic E-state index is 11.7. The SMILES string of the molecule is CNC(=O)C[C@@H](c1ccccc1)c1ccc(Cl)cc1. The standard InChI is InChI=1S/C16H16ClNO/c1-18-16(19)11-15(12-5-3-2-4-6-12)13-7-9-14(17)10-8-13/h2-10,15H,11H2,1H3,(H,18,19)/t15-/m0/s1. The van der Waals surface area contributed by atoms with E-state index in [0.29, 0.717) is 11.4 Å². The highest BCUT2D eigenvalue weighted by atomic mass is 35.5. The van der Waals surface area contributed by atoms with Crippen LogP contribution in [0.4, 0.5) is 0 Å². The predicted molar refractivity (Wildman–Crippen MR) is 78.4 cm³/mol. The zero-order valence-electron chi connectivity index (χ0n) is 10.8. The maximum atomic E-state index is 11.7. The number of halogens is 1. The van der Waals surface area contributed by atoms with Crippen LogP contribution in [-0.4, -0.2) is 13.0 Å². The van der Waals surface area contributed by atoms with Gasteiger partial charge in [0.15, 0.2) is 0 Å². The zero-order valence-corrected chi connectivity index (χ0v) is 11.5. The van der Waals surface area contributed by atoms with E-state index in [9.17, 15) is 4.79 Å². The quantitative estimate of drug-likeness (QED) is 0.906. The first-order valence-corrected chi connectivity index (χ1v) is 6.59. The highest BCUT2D eigenvalue weighted by Crippen LogP contribution is 2.28. The van der Waals surface area contributed by atoms with Crippen molar-refractivity contribution in [1.29, 1.82) is 0 Å². The van der Waals surface area contributed by atoms with Gasteiger partial charge in [-0.2, -0.15) is 0 Å². The predicted octanol–water partition coefficient (Wildman–Crippen LogP) is 3.61. The lowest BCUT2D eigenvalue weighted by atomic mass is 9.88. The molecule has 98 valence electrons. The van der Waals surface area contributed by atoms with Crippen LogP contribution in [0.15, 0.2) is 54.6 Å². The molecule has 0 saturated heterocycles. The lowest BCUT2D eigenvalue weighted by Crippen LogP contribution is -2.21. The molecule has 1 amide bonds. The Morgan fingerprint density at radius 1 is 1.05 bits per heavy atom. The molecule has 0 saturated carbocycles. The summed E-state index contributed by atoms with van der Waals surface area (Å²) in [4.78, 5) is 11.7. The first-order valence-electron chi connectivity index (χ1n) is 6.21. The Morgan fingerprint density at radius 3 is 2.21 bits per heavy atom. The first-order chi connectivity index (χ1) is 9.20. The maximum Gasteiger partial charge on any atom is 0.220 e. The van der Waals surface area contributed by atoms with Gasteiger partial charge in [0.1, 0.15) is 0 Å². The van der Waals surface area contributed by atoms with Crippen molar-refractivity contribution in [3.05, 3.63) is 70.7 Å². The van der Waals surface area contributed by atoms with Gasteiger partial charge in [-0.05, 0) is 23.3 Å². The second-order valence-electron chi connectivity index (χ2n) is 4.39. The molecule has 1 atom stereocenters.